The molecule has 2 amide bonds. The Kier molecular flexibility index (Phi) is 1.88. The van der Waals surface area contributed by atoms with Crippen LogP contribution in [-0.2, 0) is 9.53 Å². The molecule has 5 heteroatoms. The zero-order valence-electron chi connectivity index (χ0n) is 8.25. The highest BCUT2D eigenvalue weighted by molar-refractivity contribution is 6.12. The molecule has 1 saturated heterocycles. The van der Waals surface area contributed by atoms with E-state index in [0.29, 0.717) is 0 Å². The molecule has 1 fully saturated rings. The molecule has 5 nitrogen and oxygen atoms in total. The van der Waals surface area contributed by atoms with Crippen LogP contribution in [0.3, 0.4) is 0 Å². The molecule has 74 valence electrons. The number of hydrogen-bond acceptors (Lipinski definition) is 4. The number of imide groups is 1. The Balaban J connectivity index is 2.59. The van der Waals surface area contributed by atoms with Crippen LogP contribution in [0.5, 0.6) is 0 Å². The number of carbonyl (C=O) groups excluding carboxylic acids is 2. The highest BCUT2D eigenvalue weighted by atomic mass is 16.6. The maximum Gasteiger partial charge on any atom is 0.419 e. The SMILES string of the molecule is CC(C)(C)OC(=O)N1C(=O)C1(C)N. The van der Waals surface area contributed by atoms with Crippen molar-refractivity contribution in [1.29, 1.82) is 0 Å². The summed E-state index contributed by atoms with van der Waals surface area (Å²) < 4.78 is 4.95. The van der Waals surface area contributed by atoms with Gasteiger partial charge in [-0.25, -0.2) is 9.69 Å². The number of rotatable bonds is 0. The zero-order chi connectivity index (χ0) is 10.4. The van der Waals surface area contributed by atoms with Crippen molar-refractivity contribution in [3.8, 4) is 0 Å². The lowest BCUT2D eigenvalue weighted by molar-refractivity contribution is -0.114. The van der Waals surface area contributed by atoms with E-state index in [-0.39, 0.29) is 0 Å². The van der Waals surface area contributed by atoms with Crippen LogP contribution in [-0.4, -0.2) is 28.2 Å². The van der Waals surface area contributed by atoms with Crippen molar-refractivity contribution < 1.29 is 14.3 Å². The number of nitrogens with two attached hydrogens (primary N) is 1. The quantitative estimate of drug-likeness (QED) is 0.557. The van der Waals surface area contributed by atoms with Gasteiger partial charge in [-0.3, -0.25) is 4.79 Å². The third-order valence-corrected chi connectivity index (χ3v) is 1.63. The van der Waals surface area contributed by atoms with Gasteiger partial charge < -0.3 is 10.5 Å². The summed E-state index contributed by atoms with van der Waals surface area (Å²) in [5.41, 5.74) is 3.68. The van der Waals surface area contributed by atoms with Gasteiger partial charge in [0.05, 0.1) is 0 Å². The average Bonchev–Trinajstić information content (AvgIpc) is 2.27. The zero-order valence-corrected chi connectivity index (χ0v) is 8.25. The molecule has 0 radical (unpaired) electrons. The molecule has 0 aromatic heterocycles. The predicted octanol–water partition coefficient (Wildman–Crippen LogP) is 0.439. The summed E-state index contributed by atoms with van der Waals surface area (Å²) in [4.78, 5) is 23.1. The number of ether oxygens (including phenoxy) is 1. The molecule has 1 aliphatic heterocycles. The summed E-state index contributed by atoms with van der Waals surface area (Å²) in [6.45, 7) is 6.66. The van der Waals surface area contributed by atoms with Gasteiger partial charge in [0.25, 0.3) is 5.91 Å². The first kappa shape index (κ1) is 9.98. The van der Waals surface area contributed by atoms with Gasteiger partial charge in [-0.2, -0.15) is 0 Å². The molecule has 1 atom stereocenters. The molecule has 0 saturated carbocycles. The van der Waals surface area contributed by atoms with Crippen LogP contribution >= 0.6 is 0 Å². The molecule has 0 spiro atoms. The summed E-state index contributed by atoms with van der Waals surface area (Å²) in [6.07, 6.45) is -0.678. The van der Waals surface area contributed by atoms with Gasteiger partial charge in [0, 0.05) is 0 Å². The van der Waals surface area contributed by atoms with Crippen LogP contribution in [0.15, 0.2) is 0 Å². The van der Waals surface area contributed by atoms with Gasteiger partial charge in [0.1, 0.15) is 5.60 Å². The first-order chi connectivity index (χ1) is 5.66. The van der Waals surface area contributed by atoms with Crippen LogP contribution in [0.4, 0.5) is 4.79 Å². The summed E-state index contributed by atoms with van der Waals surface area (Å²) in [5, 5.41) is 0. The van der Waals surface area contributed by atoms with Crippen LogP contribution in [0.2, 0.25) is 0 Å². The van der Waals surface area contributed by atoms with E-state index in [1.165, 1.54) is 6.92 Å². The van der Waals surface area contributed by atoms with Crippen LogP contribution < -0.4 is 5.73 Å². The van der Waals surface area contributed by atoms with Crippen molar-refractivity contribution in [1.82, 2.24) is 4.90 Å². The van der Waals surface area contributed by atoms with Crippen molar-refractivity contribution in [3.05, 3.63) is 0 Å². The van der Waals surface area contributed by atoms with Crippen molar-refractivity contribution in [3.63, 3.8) is 0 Å². The lowest BCUT2D eigenvalue weighted by atomic mass is 10.2. The Hall–Kier alpha value is -1.10. The Morgan fingerprint density at radius 1 is 1.54 bits per heavy atom. The molecule has 1 aliphatic rings. The fourth-order valence-corrected chi connectivity index (χ4v) is 0.899. The standard InChI is InChI=1S/C8H14N2O3/c1-7(2,3)13-6(12)10-5(11)8(10,4)9/h9H2,1-4H3. The number of nitrogens with zero attached hydrogens (tertiary/aromatic N) is 1. The summed E-state index contributed by atoms with van der Waals surface area (Å²) in [6, 6.07) is 0. The third-order valence-electron chi connectivity index (χ3n) is 1.63. The Labute approximate surface area is 76.8 Å². The molecule has 0 aromatic carbocycles. The second kappa shape index (κ2) is 2.45. The summed E-state index contributed by atoms with van der Waals surface area (Å²) in [5.74, 6) is -0.401. The van der Waals surface area contributed by atoms with E-state index < -0.39 is 23.3 Å². The average molecular weight is 186 g/mol. The summed E-state index contributed by atoms with van der Waals surface area (Å²) in [7, 11) is 0. The molecule has 13 heavy (non-hydrogen) atoms. The van der Waals surface area contributed by atoms with Crippen molar-refractivity contribution in [2.75, 3.05) is 0 Å². The Bertz CT molecular complexity index is 265. The van der Waals surface area contributed by atoms with Crippen molar-refractivity contribution >= 4 is 12.0 Å². The maximum absolute atomic E-state index is 11.2. The maximum atomic E-state index is 11.2. The van der Waals surface area contributed by atoms with Gasteiger partial charge in [-0.15, -0.1) is 0 Å². The fourth-order valence-electron chi connectivity index (χ4n) is 0.899. The smallest absolute Gasteiger partial charge is 0.419 e. The number of carbonyl (C=O) groups is 2. The van der Waals surface area contributed by atoms with Crippen LogP contribution in [0.1, 0.15) is 27.7 Å². The molecular weight excluding hydrogens is 172 g/mol. The molecular formula is C8H14N2O3. The summed E-state index contributed by atoms with van der Waals surface area (Å²) >= 11 is 0. The number of hydrogen-bond donors (Lipinski definition) is 1. The topological polar surface area (TPSA) is 72.4 Å². The van der Waals surface area contributed by atoms with E-state index in [2.05, 4.69) is 0 Å². The first-order valence-corrected chi connectivity index (χ1v) is 4.03. The second-order valence-electron chi connectivity index (χ2n) is 4.27. The van der Waals surface area contributed by atoms with E-state index in [4.69, 9.17) is 10.5 Å². The van der Waals surface area contributed by atoms with Crippen LogP contribution in [0.25, 0.3) is 0 Å². The van der Waals surface area contributed by atoms with Gasteiger partial charge in [0.2, 0.25) is 0 Å². The van der Waals surface area contributed by atoms with E-state index in [0.717, 1.165) is 4.90 Å². The van der Waals surface area contributed by atoms with Gasteiger partial charge in [0.15, 0.2) is 5.66 Å². The highest BCUT2D eigenvalue weighted by Crippen LogP contribution is 2.29. The third kappa shape index (κ3) is 1.80. The lowest BCUT2D eigenvalue weighted by Gasteiger charge is -2.19. The van der Waals surface area contributed by atoms with E-state index >= 15 is 0 Å². The van der Waals surface area contributed by atoms with Gasteiger partial charge in [-0.05, 0) is 27.7 Å². The van der Waals surface area contributed by atoms with E-state index in [9.17, 15) is 9.59 Å². The lowest BCUT2D eigenvalue weighted by Crippen LogP contribution is -2.33. The molecule has 0 aromatic rings. The minimum atomic E-state index is -1.16. The largest absolute Gasteiger partial charge is 0.443 e. The molecule has 1 heterocycles. The minimum absolute atomic E-state index is 0.401. The van der Waals surface area contributed by atoms with Crippen LogP contribution in [0, 0.1) is 0 Å². The molecule has 0 bridgehead atoms. The Morgan fingerprint density at radius 3 is 2.15 bits per heavy atom. The monoisotopic (exact) mass is 186 g/mol. The van der Waals surface area contributed by atoms with Crippen molar-refractivity contribution in [2.24, 2.45) is 5.73 Å². The predicted molar refractivity (Wildman–Crippen MR) is 45.7 cm³/mol. The molecule has 1 rings (SSSR count). The van der Waals surface area contributed by atoms with Gasteiger partial charge in [-0.1, -0.05) is 0 Å². The fraction of sp³-hybridized carbons (Fsp3) is 0.750. The molecule has 0 aliphatic carbocycles. The van der Waals surface area contributed by atoms with Gasteiger partial charge >= 0.3 is 6.09 Å². The van der Waals surface area contributed by atoms with E-state index in [1.807, 2.05) is 0 Å². The molecule has 2 N–H and O–H groups in total. The highest BCUT2D eigenvalue weighted by Gasteiger charge is 2.61. The first-order valence-electron chi connectivity index (χ1n) is 4.03. The normalized spacial score (nSPS) is 27.5. The second-order valence-corrected chi connectivity index (χ2v) is 4.27. The molecule has 1 unspecified atom stereocenters. The number of amides is 2. The minimum Gasteiger partial charge on any atom is -0.443 e. The van der Waals surface area contributed by atoms with Crippen molar-refractivity contribution in [2.45, 2.75) is 39.0 Å². The van der Waals surface area contributed by atoms with E-state index in [1.54, 1.807) is 20.8 Å². The Morgan fingerprint density at radius 2 is 1.92 bits per heavy atom.